The lowest BCUT2D eigenvalue weighted by molar-refractivity contribution is 0.724. The van der Waals surface area contributed by atoms with E-state index in [0.717, 1.165) is 14.2 Å². The van der Waals surface area contributed by atoms with Gasteiger partial charge in [0.2, 0.25) is 0 Å². The summed E-state index contributed by atoms with van der Waals surface area (Å²) in [5, 5.41) is 1.01. The van der Waals surface area contributed by atoms with Gasteiger partial charge in [-0.1, -0.05) is 24.4 Å². The fourth-order valence-electron chi connectivity index (χ4n) is 2.36. The zero-order valence-electron chi connectivity index (χ0n) is 11.8. The largest absolute Gasteiger partial charge is 0.337 e. The molecule has 0 spiro atoms. The molecule has 0 saturated heterocycles. The molecule has 0 radical (unpaired) electrons. The number of rotatable bonds is 1. The van der Waals surface area contributed by atoms with Crippen molar-refractivity contribution >= 4 is 40.4 Å². The summed E-state index contributed by atoms with van der Waals surface area (Å²) in [6.07, 6.45) is 0. The van der Waals surface area contributed by atoms with Crippen LogP contribution in [0.15, 0.2) is 27.9 Å². The molecule has 0 saturated carbocycles. The van der Waals surface area contributed by atoms with Gasteiger partial charge in [-0.3, -0.25) is 9.36 Å². The zero-order valence-corrected chi connectivity index (χ0v) is 13.4. The van der Waals surface area contributed by atoms with Crippen LogP contribution in [-0.4, -0.2) is 11.6 Å². The summed E-state index contributed by atoms with van der Waals surface area (Å²) in [5.74, 6) is 0. The van der Waals surface area contributed by atoms with Crippen LogP contribution in [0.25, 0.3) is 11.6 Å². The van der Waals surface area contributed by atoms with Crippen molar-refractivity contribution in [2.45, 2.75) is 25.3 Å². The second-order valence-electron chi connectivity index (χ2n) is 4.81. The normalized spacial score (nSPS) is 16.6. The van der Waals surface area contributed by atoms with Gasteiger partial charge in [-0.15, -0.1) is 11.3 Å². The first-order valence-corrected chi connectivity index (χ1v) is 8.11. The number of anilines is 1. The second-order valence-corrected chi connectivity index (χ2v) is 6.93. The molecule has 0 fully saturated rings. The molecular formula is C15H16N2OS2. The van der Waals surface area contributed by atoms with Crippen LogP contribution in [0.4, 0.5) is 5.69 Å². The predicted molar refractivity (Wildman–Crippen MR) is 87.9 cm³/mol. The SMILES string of the molecule is C=c1s/c(=C2\Sc3ccc(C)cc3N2C)c(=O)n1CC. The van der Waals surface area contributed by atoms with Crippen LogP contribution in [0.1, 0.15) is 12.5 Å². The van der Waals surface area contributed by atoms with Crippen LogP contribution >= 0.6 is 23.1 Å². The Morgan fingerprint density at radius 3 is 2.75 bits per heavy atom. The number of aryl methyl sites for hydroxylation is 1. The van der Waals surface area contributed by atoms with E-state index >= 15 is 0 Å². The van der Waals surface area contributed by atoms with E-state index in [1.165, 1.54) is 27.5 Å². The molecule has 5 heteroatoms. The molecule has 1 aliphatic heterocycles. The van der Waals surface area contributed by atoms with E-state index in [0.29, 0.717) is 6.54 Å². The third-order valence-electron chi connectivity index (χ3n) is 3.46. The lowest BCUT2D eigenvalue weighted by Gasteiger charge is -2.12. The number of thiazole rings is 1. The summed E-state index contributed by atoms with van der Waals surface area (Å²) < 4.78 is 3.34. The number of aromatic nitrogens is 1. The van der Waals surface area contributed by atoms with Gasteiger partial charge >= 0.3 is 0 Å². The number of benzene rings is 1. The first-order chi connectivity index (χ1) is 9.52. The Labute approximate surface area is 125 Å². The monoisotopic (exact) mass is 304 g/mol. The van der Waals surface area contributed by atoms with Crippen LogP contribution < -0.4 is 19.7 Å². The summed E-state index contributed by atoms with van der Waals surface area (Å²) >= 11 is 3.15. The van der Waals surface area contributed by atoms with Gasteiger partial charge in [0, 0.05) is 18.5 Å². The van der Waals surface area contributed by atoms with E-state index in [1.54, 1.807) is 16.3 Å². The highest BCUT2D eigenvalue weighted by atomic mass is 32.2. The molecule has 3 nitrogen and oxygen atoms in total. The van der Waals surface area contributed by atoms with Crippen molar-refractivity contribution in [3.05, 3.63) is 43.3 Å². The summed E-state index contributed by atoms with van der Waals surface area (Å²) in [7, 11) is 2.02. The molecular weight excluding hydrogens is 288 g/mol. The Hall–Kier alpha value is -1.46. The molecule has 0 bridgehead atoms. The summed E-state index contributed by atoms with van der Waals surface area (Å²) in [6.45, 7) is 8.70. The molecule has 0 atom stereocenters. The molecule has 1 aromatic carbocycles. The number of thioether (sulfide) groups is 1. The van der Waals surface area contributed by atoms with Crippen molar-refractivity contribution in [2.24, 2.45) is 0 Å². The van der Waals surface area contributed by atoms with E-state index in [1.807, 2.05) is 14.0 Å². The van der Waals surface area contributed by atoms with Crippen LogP contribution in [0, 0.1) is 6.92 Å². The summed E-state index contributed by atoms with van der Waals surface area (Å²) in [6, 6.07) is 6.39. The third-order valence-corrected chi connectivity index (χ3v) is 5.85. The quantitative estimate of drug-likeness (QED) is 0.805. The van der Waals surface area contributed by atoms with Crippen molar-refractivity contribution in [3.8, 4) is 0 Å². The molecule has 1 aromatic heterocycles. The molecule has 104 valence electrons. The minimum absolute atomic E-state index is 0.0707. The standard InChI is InChI=1S/C15H16N2OS2/c1-5-17-10(3)19-13(14(17)18)15-16(4)11-8-9(2)6-7-12(11)20-15/h6-8H,3,5H2,1-2,4H3/b15-13-. The zero-order chi connectivity index (χ0) is 14.4. The second kappa shape index (κ2) is 4.82. The summed E-state index contributed by atoms with van der Waals surface area (Å²) in [5.41, 5.74) is 2.47. The number of fused-ring (bicyclic) bond motifs is 1. The van der Waals surface area contributed by atoms with E-state index in [-0.39, 0.29) is 5.56 Å². The first kappa shape index (κ1) is 13.5. The Morgan fingerprint density at radius 2 is 2.10 bits per heavy atom. The van der Waals surface area contributed by atoms with Crippen molar-refractivity contribution < 1.29 is 0 Å². The van der Waals surface area contributed by atoms with Crippen LogP contribution in [0.2, 0.25) is 0 Å². The fourth-order valence-corrected chi connectivity index (χ4v) is 4.65. The molecule has 1 aliphatic rings. The lowest BCUT2D eigenvalue weighted by atomic mass is 10.2. The maximum atomic E-state index is 12.4. The third kappa shape index (κ3) is 1.93. The Bertz CT molecular complexity index is 848. The molecule has 0 amide bonds. The first-order valence-electron chi connectivity index (χ1n) is 6.48. The van der Waals surface area contributed by atoms with Crippen LogP contribution in [0.5, 0.6) is 0 Å². The van der Waals surface area contributed by atoms with Crippen molar-refractivity contribution in [3.63, 3.8) is 0 Å². The Morgan fingerprint density at radius 1 is 1.35 bits per heavy atom. The topological polar surface area (TPSA) is 25.2 Å². The van der Waals surface area contributed by atoms with Crippen LogP contribution in [0.3, 0.4) is 0 Å². The minimum Gasteiger partial charge on any atom is -0.337 e. The average molecular weight is 304 g/mol. The molecule has 0 N–H and O–H groups in total. The highest BCUT2D eigenvalue weighted by Crippen LogP contribution is 2.45. The van der Waals surface area contributed by atoms with Gasteiger partial charge in [-0.2, -0.15) is 0 Å². The van der Waals surface area contributed by atoms with Gasteiger partial charge in [-0.25, -0.2) is 0 Å². The van der Waals surface area contributed by atoms with Crippen LogP contribution in [-0.2, 0) is 6.54 Å². The summed E-state index contributed by atoms with van der Waals surface area (Å²) in [4.78, 5) is 15.8. The highest BCUT2D eigenvalue weighted by molar-refractivity contribution is 8.08. The van der Waals surface area contributed by atoms with Crippen molar-refractivity contribution in [1.29, 1.82) is 0 Å². The van der Waals surface area contributed by atoms with Gasteiger partial charge < -0.3 is 4.90 Å². The highest BCUT2D eigenvalue weighted by Gasteiger charge is 2.24. The fraction of sp³-hybridized carbons (Fsp3) is 0.267. The van der Waals surface area contributed by atoms with Gasteiger partial charge in [0.25, 0.3) is 5.56 Å². The number of hydrogen-bond acceptors (Lipinski definition) is 4. The maximum Gasteiger partial charge on any atom is 0.271 e. The van der Waals surface area contributed by atoms with E-state index in [2.05, 4.69) is 36.6 Å². The molecule has 0 aliphatic carbocycles. The molecule has 2 aromatic rings. The predicted octanol–water partition coefficient (Wildman–Crippen LogP) is 1.96. The molecule has 2 heterocycles. The Kier molecular flexibility index (Phi) is 3.26. The van der Waals surface area contributed by atoms with Gasteiger partial charge in [0.1, 0.15) is 9.56 Å². The molecule has 3 rings (SSSR count). The van der Waals surface area contributed by atoms with Gasteiger partial charge in [-0.05, 0) is 31.5 Å². The number of nitrogens with zero attached hydrogens (tertiary/aromatic N) is 2. The minimum atomic E-state index is 0.0707. The van der Waals surface area contributed by atoms with Crippen molar-refractivity contribution in [1.82, 2.24) is 4.57 Å². The van der Waals surface area contributed by atoms with Gasteiger partial charge in [0.05, 0.1) is 10.4 Å². The van der Waals surface area contributed by atoms with E-state index in [9.17, 15) is 4.79 Å². The smallest absolute Gasteiger partial charge is 0.271 e. The van der Waals surface area contributed by atoms with Crippen molar-refractivity contribution in [2.75, 3.05) is 11.9 Å². The van der Waals surface area contributed by atoms with E-state index < -0.39 is 0 Å². The lowest BCUT2D eigenvalue weighted by Crippen LogP contribution is -2.33. The van der Waals surface area contributed by atoms with Gasteiger partial charge in [0.15, 0.2) is 0 Å². The average Bonchev–Trinajstić information content (AvgIpc) is 2.88. The maximum absolute atomic E-state index is 12.4. The number of hydrogen-bond donors (Lipinski definition) is 0. The molecule has 0 unspecified atom stereocenters. The Balaban J connectivity index is 2.26. The molecule has 20 heavy (non-hydrogen) atoms. The van der Waals surface area contributed by atoms with E-state index in [4.69, 9.17) is 0 Å².